The zero-order chi connectivity index (χ0) is 14.3. The summed E-state index contributed by atoms with van der Waals surface area (Å²) < 4.78 is 2.13. The molecular weight excluding hydrogens is 266 g/mol. The molecule has 0 fully saturated rings. The van der Waals surface area contributed by atoms with Gasteiger partial charge in [0.15, 0.2) is 0 Å². The molecule has 0 radical (unpaired) electrons. The van der Waals surface area contributed by atoms with Crippen LogP contribution in [0.4, 0.5) is 5.95 Å². The highest BCUT2D eigenvalue weighted by molar-refractivity contribution is 7.10. The number of para-hydroxylation sites is 1. The van der Waals surface area contributed by atoms with Crippen LogP contribution in [0.3, 0.4) is 0 Å². The fourth-order valence-corrected chi connectivity index (χ4v) is 3.45. The molecule has 2 aromatic heterocycles. The number of imidazole rings is 1. The summed E-state index contributed by atoms with van der Waals surface area (Å²) in [6.07, 6.45) is 0. The van der Waals surface area contributed by atoms with Gasteiger partial charge in [0.05, 0.1) is 11.0 Å². The first-order valence-electron chi connectivity index (χ1n) is 6.74. The maximum Gasteiger partial charge on any atom is 0.201 e. The Morgan fingerprint density at radius 1 is 1.25 bits per heavy atom. The first kappa shape index (κ1) is 13.2. The van der Waals surface area contributed by atoms with Crippen molar-refractivity contribution in [2.24, 2.45) is 0 Å². The lowest BCUT2D eigenvalue weighted by Gasteiger charge is -2.24. The first-order chi connectivity index (χ1) is 9.49. The van der Waals surface area contributed by atoms with Crippen LogP contribution in [-0.4, -0.2) is 9.55 Å². The van der Waals surface area contributed by atoms with Crippen LogP contribution in [0.25, 0.3) is 11.0 Å². The number of rotatable bonds is 3. The summed E-state index contributed by atoms with van der Waals surface area (Å²) in [6, 6.07) is 10.5. The van der Waals surface area contributed by atoms with E-state index in [0.717, 1.165) is 17.6 Å². The van der Waals surface area contributed by atoms with Gasteiger partial charge in [-0.2, -0.15) is 0 Å². The third kappa shape index (κ3) is 2.10. The Labute approximate surface area is 123 Å². The summed E-state index contributed by atoms with van der Waals surface area (Å²) >= 11 is 1.79. The Morgan fingerprint density at radius 2 is 2.05 bits per heavy atom. The third-order valence-corrected chi connectivity index (χ3v) is 4.99. The average molecular weight is 285 g/mol. The van der Waals surface area contributed by atoms with E-state index in [0.29, 0.717) is 5.95 Å². The monoisotopic (exact) mass is 285 g/mol. The molecule has 4 heteroatoms. The molecule has 0 saturated carbocycles. The summed E-state index contributed by atoms with van der Waals surface area (Å²) in [5.41, 5.74) is 9.47. The van der Waals surface area contributed by atoms with Gasteiger partial charge in [0.25, 0.3) is 0 Å². The lowest BCUT2D eigenvalue weighted by atomic mass is 9.91. The summed E-state index contributed by atoms with van der Waals surface area (Å²) in [5.74, 6) is 0.596. The number of hydrogen-bond donors (Lipinski definition) is 1. The van der Waals surface area contributed by atoms with Crippen molar-refractivity contribution in [3.8, 4) is 0 Å². The standard InChI is InChI=1S/C16H19N3S/c1-11-6-4-7-12-14(11)18-15(17)19(12)10-16(2,3)13-8-5-9-20-13/h4-9H,10H2,1-3H3,(H2,17,18). The topological polar surface area (TPSA) is 43.8 Å². The molecule has 1 aromatic carbocycles. The van der Waals surface area contributed by atoms with Crippen molar-refractivity contribution in [3.63, 3.8) is 0 Å². The second-order valence-corrected chi connectivity index (χ2v) is 6.81. The van der Waals surface area contributed by atoms with Gasteiger partial charge in [-0.1, -0.05) is 32.0 Å². The minimum absolute atomic E-state index is 0.0413. The molecule has 0 bridgehead atoms. The minimum atomic E-state index is 0.0413. The Hall–Kier alpha value is -1.81. The summed E-state index contributed by atoms with van der Waals surface area (Å²) in [4.78, 5) is 5.89. The van der Waals surface area contributed by atoms with E-state index in [2.05, 4.69) is 66.0 Å². The number of nitrogens with two attached hydrogens (primary N) is 1. The highest BCUT2D eigenvalue weighted by Gasteiger charge is 2.24. The molecule has 0 unspecified atom stereocenters. The van der Waals surface area contributed by atoms with E-state index in [9.17, 15) is 0 Å². The molecule has 3 nitrogen and oxygen atoms in total. The molecule has 0 aliphatic rings. The number of nitrogen functional groups attached to an aromatic ring is 1. The number of benzene rings is 1. The zero-order valence-corrected chi connectivity index (χ0v) is 12.9. The Bertz CT molecular complexity index is 739. The van der Waals surface area contributed by atoms with Crippen molar-refractivity contribution >= 4 is 28.3 Å². The molecule has 0 aliphatic heterocycles. The molecule has 20 heavy (non-hydrogen) atoms. The van der Waals surface area contributed by atoms with Gasteiger partial charge in [0.2, 0.25) is 5.95 Å². The van der Waals surface area contributed by atoms with Gasteiger partial charge in [-0.05, 0) is 30.0 Å². The predicted molar refractivity (Wildman–Crippen MR) is 86.2 cm³/mol. The van der Waals surface area contributed by atoms with Crippen LogP contribution >= 0.6 is 11.3 Å². The van der Waals surface area contributed by atoms with Crippen LogP contribution in [0, 0.1) is 6.92 Å². The fraction of sp³-hybridized carbons (Fsp3) is 0.312. The summed E-state index contributed by atoms with van der Waals surface area (Å²) in [6.45, 7) is 7.41. The minimum Gasteiger partial charge on any atom is -0.369 e. The van der Waals surface area contributed by atoms with Crippen molar-refractivity contribution in [2.45, 2.75) is 32.7 Å². The Kier molecular flexibility index (Phi) is 3.05. The van der Waals surface area contributed by atoms with Gasteiger partial charge in [0, 0.05) is 16.8 Å². The number of aromatic nitrogens is 2. The second-order valence-electron chi connectivity index (χ2n) is 5.86. The van der Waals surface area contributed by atoms with Gasteiger partial charge >= 0.3 is 0 Å². The molecule has 2 N–H and O–H groups in total. The van der Waals surface area contributed by atoms with Gasteiger partial charge < -0.3 is 10.3 Å². The van der Waals surface area contributed by atoms with Crippen molar-refractivity contribution < 1.29 is 0 Å². The van der Waals surface area contributed by atoms with Gasteiger partial charge in [0.1, 0.15) is 0 Å². The quantitative estimate of drug-likeness (QED) is 0.791. The van der Waals surface area contributed by atoms with Gasteiger partial charge in [-0.25, -0.2) is 4.98 Å². The maximum atomic E-state index is 6.14. The lowest BCUT2D eigenvalue weighted by Crippen LogP contribution is -2.24. The van der Waals surface area contributed by atoms with E-state index in [1.165, 1.54) is 10.4 Å². The SMILES string of the molecule is Cc1cccc2c1nc(N)n2CC(C)(C)c1cccs1. The Balaban J connectivity index is 2.07. The van der Waals surface area contributed by atoms with Crippen molar-refractivity contribution in [1.29, 1.82) is 0 Å². The molecule has 0 amide bonds. The fourth-order valence-electron chi connectivity index (χ4n) is 2.61. The molecular formula is C16H19N3S. The van der Waals surface area contributed by atoms with E-state index in [4.69, 9.17) is 5.73 Å². The summed E-state index contributed by atoms with van der Waals surface area (Å²) in [7, 11) is 0. The smallest absolute Gasteiger partial charge is 0.201 e. The molecule has 104 valence electrons. The molecule has 3 rings (SSSR count). The van der Waals surface area contributed by atoms with E-state index in [-0.39, 0.29) is 5.41 Å². The van der Waals surface area contributed by atoms with Crippen LogP contribution < -0.4 is 5.73 Å². The first-order valence-corrected chi connectivity index (χ1v) is 7.62. The number of fused-ring (bicyclic) bond motifs is 1. The van der Waals surface area contributed by atoms with Crippen LogP contribution in [0.1, 0.15) is 24.3 Å². The maximum absolute atomic E-state index is 6.14. The number of thiophene rings is 1. The molecule has 0 atom stereocenters. The van der Waals surface area contributed by atoms with E-state index >= 15 is 0 Å². The van der Waals surface area contributed by atoms with Crippen molar-refractivity contribution in [3.05, 3.63) is 46.2 Å². The average Bonchev–Trinajstić information content (AvgIpc) is 3.01. The van der Waals surface area contributed by atoms with Crippen LogP contribution in [0.2, 0.25) is 0 Å². The highest BCUT2D eigenvalue weighted by atomic mass is 32.1. The molecule has 3 aromatic rings. The normalized spacial score (nSPS) is 12.2. The van der Waals surface area contributed by atoms with Crippen LogP contribution in [0.5, 0.6) is 0 Å². The Morgan fingerprint density at radius 3 is 2.75 bits per heavy atom. The second kappa shape index (κ2) is 4.63. The summed E-state index contributed by atoms with van der Waals surface area (Å²) in [5, 5.41) is 2.12. The molecule has 2 heterocycles. The third-order valence-electron chi connectivity index (χ3n) is 3.75. The molecule has 0 spiro atoms. The van der Waals surface area contributed by atoms with Crippen LogP contribution in [0.15, 0.2) is 35.7 Å². The molecule has 0 aliphatic carbocycles. The number of hydrogen-bond acceptors (Lipinski definition) is 3. The largest absolute Gasteiger partial charge is 0.369 e. The van der Waals surface area contributed by atoms with Gasteiger partial charge in [-0.15, -0.1) is 11.3 Å². The number of aryl methyl sites for hydroxylation is 1. The van der Waals surface area contributed by atoms with E-state index in [1.54, 1.807) is 11.3 Å². The predicted octanol–water partition coefficient (Wildman–Crippen LogP) is 3.97. The van der Waals surface area contributed by atoms with Crippen molar-refractivity contribution in [2.75, 3.05) is 5.73 Å². The van der Waals surface area contributed by atoms with E-state index in [1.807, 2.05) is 0 Å². The van der Waals surface area contributed by atoms with Gasteiger partial charge in [-0.3, -0.25) is 0 Å². The number of anilines is 1. The highest BCUT2D eigenvalue weighted by Crippen LogP contribution is 2.32. The molecule has 0 saturated heterocycles. The van der Waals surface area contributed by atoms with Crippen molar-refractivity contribution in [1.82, 2.24) is 9.55 Å². The zero-order valence-electron chi connectivity index (χ0n) is 12.1. The van der Waals surface area contributed by atoms with Crippen LogP contribution in [-0.2, 0) is 12.0 Å². The number of nitrogens with zero attached hydrogens (tertiary/aromatic N) is 2. The lowest BCUT2D eigenvalue weighted by molar-refractivity contribution is 0.453. The van der Waals surface area contributed by atoms with E-state index < -0.39 is 0 Å².